The van der Waals surface area contributed by atoms with Gasteiger partial charge in [0.15, 0.2) is 0 Å². The number of aromatic nitrogens is 1. The zero-order valence-corrected chi connectivity index (χ0v) is 21.4. The lowest BCUT2D eigenvalue weighted by Crippen LogP contribution is -1.95. The first-order valence-corrected chi connectivity index (χ1v) is 13.6. The van der Waals surface area contributed by atoms with Crippen LogP contribution in [-0.4, -0.2) is 4.57 Å². The maximum Gasteiger partial charge on any atom is 0.0547 e. The van der Waals surface area contributed by atoms with Crippen molar-refractivity contribution in [3.63, 3.8) is 0 Å². The van der Waals surface area contributed by atoms with Gasteiger partial charge in [0.2, 0.25) is 0 Å². The highest BCUT2D eigenvalue weighted by molar-refractivity contribution is 7.25. The smallest absolute Gasteiger partial charge is 0.0547 e. The molecule has 2 heterocycles. The van der Waals surface area contributed by atoms with E-state index < -0.39 is 0 Å². The fourth-order valence-corrected chi connectivity index (χ4v) is 7.16. The Kier molecular flexibility index (Phi) is 4.51. The first kappa shape index (κ1) is 21.0. The van der Waals surface area contributed by atoms with Crippen molar-refractivity contribution in [2.75, 3.05) is 0 Å². The van der Waals surface area contributed by atoms with Crippen molar-refractivity contribution in [2.24, 2.45) is 0 Å². The van der Waals surface area contributed by atoms with Crippen molar-refractivity contribution in [1.82, 2.24) is 4.57 Å². The second kappa shape index (κ2) is 7.94. The lowest BCUT2D eigenvalue weighted by Gasteiger charge is -2.12. The number of fused-ring (bicyclic) bond motifs is 7. The largest absolute Gasteiger partial charge is 0.309 e. The molecule has 8 aromatic rings. The van der Waals surface area contributed by atoms with Gasteiger partial charge in [-0.3, -0.25) is 0 Å². The number of nitrogens with zero attached hydrogens (tertiary/aromatic N) is 1. The molecule has 0 fully saturated rings. The van der Waals surface area contributed by atoms with Crippen LogP contribution in [0.2, 0.25) is 5.02 Å². The standard InChI is InChI=1S/C34H20ClNS/c35-24-14-17-29-28-16-13-23(19-33(28)37-34(29)20-24)22-12-15-27-26-9-3-4-10-31(26)36(32(27)18-22)30-11-5-7-21-6-1-2-8-25(21)30/h1-20H. The number of hydrogen-bond donors (Lipinski definition) is 0. The van der Waals surface area contributed by atoms with Crippen LogP contribution >= 0.6 is 22.9 Å². The van der Waals surface area contributed by atoms with E-state index in [1.165, 1.54) is 69.6 Å². The molecule has 3 heteroatoms. The molecule has 0 aliphatic rings. The summed E-state index contributed by atoms with van der Waals surface area (Å²) in [6, 6.07) is 43.8. The summed E-state index contributed by atoms with van der Waals surface area (Å²) in [7, 11) is 0. The van der Waals surface area contributed by atoms with E-state index in [9.17, 15) is 0 Å². The Morgan fingerprint density at radius 1 is 0.486 bits per heavy atom. The summed E-state index contributed by atoms with van der Waals surface area (Å²) in [5.41, 5.74) is 6.09. The Hall–Kier alpha value is -4.11. The SMILES string of the molecule is Clc1ccc2c(c1)sc1cc(-c3ccc4c5ccccc5n(-c5cccc6ccccc56)c4c3)ccc12. The molecule has 0 unspecified atom stereocenters. The third kappa shape index (κ3) is 3.16. The third-order valence-electron chi connectivity index (χ3n) is 7.45. The quantitative estimate of drug-likeness (QED) is 0.218. The molecule has 0 N–H and O–H groups in total. The molecule has 0 aliphatic heterocycles. The van der Waals surface area contributed by atoms with Gasteiger partial charge in [-0.2, -0.15) is 0 Å². The van der Waals surface area contributed by atoms with Crippen molar-refractivity contribution >= 4 is 75.7 Å². The van der Waals surface area contributed by atoms with E-state index in [0.717, 1.165) is 5.02 Å². The minimum absolute atomic E-state index is 0.783. The molecule has 174 valence electrons. The highest BCUT2D eigenvalue weighted by Crippen LogP contribution is 2.40. The maximum atomic E-state index is 6.27. The van der Waals surface area contributed by atoms with Crippen LogP contribution in [0, 0.1) is 0 Å². The average molecular weight is 510 g/mol. The Morgan fingerprint density at radius 3 is 2.03 bits per heavy atom. The second-order valence-corrected chi connectivity index (χ2v) is 11.1. The van der Waals surface area contributed by atoms with Gasteiger partial charge in [-0.05, 0) is 52.9 Å². The molecule has 0 spiro atoms. The molecular formula is C34H20ClNS. The molecule has 1 nitrogen and oxygen atoms in total. The number of rotatable bonds is 2. The predicted molar refractivity (Wildman–Crippen MR) is 162 cm³/mol. The lowest BCUT2D eigenvalue weighted by atomic mass is 10.0. The molecular weight excluding hydrogens is 490 g/mol. The first-order valence-electron chi connectivity index (χ1n) is 12.4. The molecule has 0 saturated carbocycles. The summed E-state index contributed by atoms with van der Waals surface area (Å²) < 4.78 is 4.94. The van der Waals surface area contributed by atoms with E-state index in [1.54, 1.807) is 11.3 Å². The van der Waals surface area contributed by atoms with Gasteiger partial charge in [-0.1, -0.05) is 96.5 Å². The van der Waals surface area contributed by atoms with Crippen LogP contribution in [0.5, 0.6) is 0 Å². The summed E-state index contributed by atoms with van der Waals surface area (Å²) in [5.74, 6) is 0. The van der Waals surface area contributed by atoms with Crippen LogP contribution in [0.1, 0.15) is 0 Å². The van der Waals surface area contributed by atoms with Crippen molar-refractivity contribution in [1.29, 1.82) is 0 Å². The van der Waals surface area contributed by atoms with E-state index >= 15 is 0 Å². The number of hydrogen-bond acceptors (Lipinski definition) is 1. The van der Waals surface area contributed by atoms with Crippen molar-refractivity contribution in [3.8, 4) is 16.8 Å². The monoisotopic (exact) mass is 509 g/mol. The van der Waals surface area contributed by atoms with Gasteiger partial charge in [0, 0.05) is 41.4 Å². The fourth-order valence-electron chi connectivity index (χ4n) is 5.74. The average Bonchev–Trinajstić information content (AvgIpc) is 3.46. The second-order valence-electron chi connectivity index (χ2n) is 9.54. The van der Waals surface area contributed by atoms with Gasteiger partial charge >= 0.3 is 0 Å². The van der Waals surface area contributed by atoms with Crippen LogP contribution in [0.15, 0.2) is 121 Å². The van der Waals surface area contributed by atoms with Gasteiger partial charge in [0.05, 0.1) is 16.7 Å². The summed E-state index contributed by atoms with van der Waals surface area (Å²) in [6.45, 7) is 0. The Morgan fingerprint density at radius 2 is 1.14 bits per heavy atom. The summed E-state index contributed by atoms with van der Waals surface area (Å²) in [6.07, 6.45) is 0. The van der Waals surface area contributed by atoms with E-state index in [1.807, 2.05) is 6.07 Å². The van der Waals surface area contributed by atoms with Crippen LogP contribution in [0.3, 0.4) is 0 Å². The summed E-state index contributed by atoms with van der Waals surface area (Å²) >= 11 is 8.07. The van der Waals surface area contributed by atoms with Crippen molar-refractivity contribution < 1.29 is 0 Å². The number of halogens is 1. The van der Waals surface area contributed by atoms with Gasteiger partial charge < -0.3 is 4.57 Å². The summed E-state index contributed by atoms with van der Waals surface area (Å²) in [4.78, 5) is 0. The van der Waals surface area contributed by atoms with Gasteiger partial charge in [-0.25, -0.2) is 0 Å². The summed E-state index contributed by atoms with van der Waals surface area (Å²) in [5, 5.41) is 8.37. The normalized spacial score (nSPS) is 11.9. The first-order chi connectivity index (χ1) is 18.2. The molecule has 0 atom stereocenters. The maximum absolute atomic E-state index is 6.27. The zero-order valence-electron chi connectivity index (χ0n) is 19.8. The van der Waals surface area contributed by atoms with E-state index in [-0.39, 0.29) is 0 Å². The molecule has 6 aromatic carbocycles. The Balaban J connectivity index is 1.40. The highest BCUT2D eigenvalue weighted by Gasteiger charge is 2.15. The minimum Gasteiger partial charge on any atom is -0.309 e. The van der Waals surface area contributed by atoms with Crippen molar-refractivity contribution in [3.05, 3.63) is 126 Å². The molecule has 0 aliphatic carbocycles. The molecule has 0 amide bonds. The minimum atomic E-state index is 0.783. The van der Waals surface area contributed by atoms with Gasteiger partial charge in [0.25, 0.3) is 0 Å². The molecule has 0 bridgehead atoms. The molecule has 0 saturated heterocycles. The molecule has 37 heavy (non-hydrogen) atoms. The predicted octanol–water partition coefficient (Wildman–Crippen LogP) is 10.6. The van der Waals surface area contributed by atoms with E-state index in [2.05, 4.69) is 120 Å². The highest BCUT2D eigenvalue weighted by atomic mass is 35.5. The number of para-hydroxylation sites is 1. The van der Waals surface area contributed by atoms with E-state index in [4.69, 9.17) is 11.6 Å². The van der Waals surface area contributed by atoms with Crippen LogP contribution < -0.4 is 0 Å². The van der Waals surface area contributed by atoms with E-state index in [0.29, 0.717) is 0 Å². The van der Waals surface area contributed by atoms with Crippen LogP contribution in [0.25, 0.3) is 69.6 Å². The number of thiophene rings is 1. The van der Waals surface area contributed by atoms with Crippen LogP contribution in [-0.2, 0) is 0 Å². The number of benzene rings is 6. The van der Waals surface area contributed by atoms with Gasteiger partial charge in [0.1, 0.15) is 0 Å². The third-order valence-corrected chi connectivity index (χ3v) is 8.80. The topological polar surface area (TPSA) is 4.93 Å². The molecule has 8 rings (SSSR count). The fraction of sp³-hybridized carbons (Fsp3) is 0. The Bertz CT molecular complexity index is 2160. The molecule has 0 radical (unpaired) electrons. The molecule has 2 aromatic heterocycles. The van der Waals surface area contributed by atoms with Crippen molar-refractivity contribution in [2.45, 2.75) is 0 Å². The zero-order chi connectivity index (χ0) is 24.5. The lowest BCUT2D eigenvalue weighted by molar-refractivity contribution is 1.20. The van der Waals surface area contributed by atoms with Gasteiger partial charge in [-0.15, -0.1) is 11.3 Å². The Labute approximate surface area is 222 Å². The van der Waals surface area contributed by atoms with Crippen LogP contribution in [0.4, 0.5) is 0 Å².